The molecule has 2 N–H and O–H groups in total. The van der Waals surface area contributed by atoms with Gasteiger partial charge in [-0.3, -0.25) is 0 Å². The molecular weight excluding hydrogens is 274 g/mol. The Morgan fingerprint density at radius 2 is 1.73 bits per heavy atom. The Labute approximate surface area is 131 Å². The molecule has 1 aliphatic rings. The number of rotatable bonds is 3. The number of urea groups is 1. The number of amides is 2. The van der Waals surface area contributed by atoms with E-state index in [1.807, 2.05) is 37.3 Å². The molecule has 1 saturated heterocycles. The molecule has 3 rings (SSSR count). The number of nitrogens with one attached hydrogen (secondary N) is 2. The van der Waals surface area contributed by atoms with Crippen LogP contribution in [0.5, 0.6) is 0 Å². The maximum Gasteiger partial charge on any atom is 0.323 e. The number of carbonyl (C=O) groups is 1. The van der Waals surface area contributed by atoms with Gasteiger partial charge in [-0.1, -0.05) is 24.3 Å². The normalized spacial score (nSPS) is 14.0. The van der Waals surface area contributed by atoms with Gasteiger partial charge in [0.25, 0.3) is 0 Å². The SMILES string of the molecule is Cc1ccc(N2CCCC2)cc1NC(=O)Nc1ccccc1. The molecule has 0 bridgehead atoms. The smallest absolute Gasteiger partial charge is 0.323 e. The van der Waals surface area contributed by atoms with Crippen LogP contribution in [0.3, 0.4) is 0 Å². The lowest BCUT2D eigenvalue weighted by atomic mass is 10.1. The average molecular weight is 295 g/mol. The van der Waals surface area contributed by atoms with Gasteiger partial charge in [0.1, 0.15) is 0 Å². The van der Waals surface area contributed by atoms with Crippen LogP contribution in [0.25, 0.3) is 0 Å². The van der Waals surface area contributed by atoms with Gasteiger partial charge in [-0.05, 0) is 49.6 Å². The van der Waals surface area contributed by atoms with E-state index in [2.05, 4.69) is 33.7 Å². The highest BCUT2D eigenvalue weighted by Gasteiger charge is 2.14. The zero-order chi connectivity index (χ0) is 15.4. The van der Waals surface area contributed by atoms with Crippen LogP contribution in [0.1, 0.15) is 18.4 Å². The summed E-state index contributed by atoms with van der Waals surface area (Å²) in [5, 5.41) is 5.79. The molecule has 0 radical (unpaired) electrons. The van der Waals surface area contributed by atoms with E-state index < -0.39 is 0 Å². The van der Waals surface area contributed by atoms with Gasteiger partial charge in [0, 0.05) is 30.2 Å². The van der Waals surface area contributed by atoms with Crippen molar-refractivity contribution in [2.24, 2.45) is 0 Å². The van der Waals surface area contributed by atoms with E-state index >= 15 is 0 Å². The van der Waals surface area contributed by atoms with Gasteiger partial charge >= 0.3 is 6.03 Å². The maximum absolute atomic E-state index is 12.1. The van der Waals surface area contributed by atoms with Crippen LogP contribution in [0.4, 0.5) is 21.9 Å². The molecule has 2 aromatic carbocycles. The zero-order valence-electron chi connectivity index (χ0n) is 12.8. The molecule has 0 saturated carbocycles. The number of hydrogen-bond donors (Lipinski definition) is 2. The van der Waals surface area contributed by atoms with E-state index in [1.165, 1.54) is 18.5 Å². The Kier molecular flexibility index (Phi) is 4.28. The van der Waals surface area contributed by atoms with Crippen molar-refractivity contribution in [3.05, 3.63) is 54.1 Å². The molecule has 0 aliphatic carbocycles. The summed E-state index contributed by atoms with van der Waals surface area (Å²) in [4.78, 5) is 14.5. The molecule has 0 aromatic heterocycles. The summed E-state index contributed by atoms with van der Waals surface area (Å²) in [5.41, 5.74) is 3.88. The molecule has 0 unspecified atom stereocenters. The highest BCUT2D eigenvalue weighted by molar-refractivity contribution is 6.00. The van der Waals surface area contributed by atoms with Crippen molar-refractivity contribution in [3.8, 4) is 0 Å². The Bertz CT molecular complexity index is 649. The fourth-order valence-electron chi connectivity index (χ4n) is 2.72. The van der Waals surface area contributed by atoms with Crippen molar-refractivity contribution >= 4 is 23.1 Å². The third-order valence-electron chi connectivity index (χ3n) is 3.97. The third-order valence-corrected chi connectivity index (χ3v) is 3.97. The lowest BCUT2D eigenvalue weighted by Gasteiger charge is -2.19. The summed E-state index contributed by atoms with van der Waals surface area (Å²) in [5.74, 6) is 0. The highest BCUT2D eigenvalue weighted by atomic mass is 16.2. The minimum atomic E-state index is -0.215. The number of benzene rings is 2. The summed E-state index contributed by atoms with van der Waals surface area (Å²) in [7, 11) is 0. The molecule has 1 heterocycles. The number of hydrogen-bond acceptors (Lipinski definition) is 2. The second kappa shape index (κ2) is 6.52. The van der Waals surface area contributed by atoms with Crippen molar-refractivity contribution in [2.45, 2.75) is 19.8 Å². The predicted molar refractivity (Wildman–Crippen MR) is 91.7 cm³/mol. The van der Waals surface area contributed by atoms with Gasteiger partial charge in [-0.25, -0.2) is 4.79 Å². The topological polar surface area (TPSA) is 44.4 Å². The Morgan fingerprint density at radius 3 is 2.45 bits per heavy atom. The Hall–Kier alpha value is -2.49. The van der Waals surface area contributed by atoms with Gasteiger partial charge < -0.3 is 15.5 Å². The predicted octanol–water partition coefficient (Wildman–Crippen LogP) is 4.24. The van der Waals surface area contributed by atoms with Crippen LogP contribution in [-0.4, -0.2) is 19.1 Å². The quantitative estimate of drug-likeness (QED) is 0.889. The molecule has 114 valence electrons. The van der Waals surface area contributed by atoms with E-state index in [0.29, 0.717) is 0 Å². The molecule has 22 heavy (non-hydrogen) atoms. The first kappa shape index (κ1) is 14.4. The van der Waals surface area contributed by atoms with Crippen LogP contribution in [0, 0.1) is 6.92 Å². The summed E-state index contributed by atoms with van der Waals surface area (Å²) in [6.45, 7) is 4.20. The third kappa shape index (κ3) is 3.39. The van der Waals surface area contributed by atoms with Gasteiger partial charge in [0.15, 0.2) is 0 Å². The Balaban J connectivity index is 1.71. The molecule has 4 nitrogen and oxygen atoms in total. The van der Waals surface area contributed by atoms with Crippen molar-refractivity contribution in [1.29, 1.82) is 0 Å². The summed E-state index contributed by atoms with van der Waals surface area (Å²) in [6, 6.07) is 15.5. The van der Waals surface area contributed by atoms with Crippen molar-refractivity contribution < 1.29 is 4.79 Å². The number of aryl methyl sites for hydroxylation is 1. The number of para-hydroxylation sites is 1. The number of nitrogens with zero attached hydrogens (tertiary/aromatic N) is 1. The van der Waals surface area contributed by atoms with Crippen LogP contribution < -0.4 is 15.5 Å². The van der Waals surface area contributed by atoms with Crippen molar-refractivity contribution in [1.82, 2.24) is 0 Å². The summed E-state index contributed by atoms with van der Waals surface area (Å²) < 4.78 is 0. The molecule has 1 aliphatic heterocycles. The zero-order valence-corrected chi connectivity index (χ0v) is 12.8. The lowest BCUT2D eigenvalue weighted by molar-refractivity contribution is 0.262. The largest absolute Gasteiger partial charge is 0.371 e. The molecule has 2 aromatic rings. The molecule has 2 amide bonds. The fraction of sp³-hybridized carbons (Fsp3) is 0.278. The van der Waals surface area contributed by atoms with Gasteiger partial charge in [0.05, 0.1) is 0 Å². The minimum absolute atomic E-state index is 0.215. The molecular formula is C18H21N3O. The second-order valence-corrected chi connectivity index (χ2v) is 5.64. The van der Waals surface area contributed by atoms with Gasteiger partial charge in [-0.2, -0.15) is 0 Å². The first-order chi connectivity index (χ1) is 10.7. The Morgan fingerprint density at radius 1 is 1.00 bits per heavy atom. The van der Waals surface area contributed by atoms with E-state index in [9.17, 15) is 4.79 Å². The van der Waals surface area contributed by atoms with E-state index in [0.717, 1.165) is 30.0 Å². The van der Waals surface area contributed by atoms with Crippen LogP contribution >= 0.6 is 0 Å². The minimum Gasteiger partial charge on any atom is -0.371 e. The van der Waals surface area contributed by atoms with Gasteiger partial charge in [0.2, 0.25) is 0 Å². The number of carbonyl (C=O) groups excluding carboxylic acids is 1. The lowest BCUT2D eigenvalue weighted by Crippen LogP contribution is -2.21. The first-order valence-electron chi connectivity index (χ1n) is 7.71. The molecule has 1 fully saturated rings. The molecule has 4 heteroatoms. The molecule has 0 atom stereocenters. The van der Waals surface area contributed by atoms with E-state index in [-0.39, 0.29) is 6.03 Å². The summed E-state index contributed by atoms with van der Waals surface area (Å²) >= 11 is 0. The number of anilines is 3. The second-order valence-electron chi connectivity index (χ2n) is 5.64. The average Bonchev–Trinajstić information content (AvgIpc) is 3.05. The van der Waals surface area contributed by atoms with Crippen molar-refractivity contribution in [2.75, 3.05) is 28.6 Å². The monoisotopic (exact) mass is 295 g/mol. The fourth-order valence-corrected chi connectivity index (χ4v) is 2.72. The van der Waals surface area contributed by atoms with Crippen LogP contribution in [-0.2, 0) is 0 Å². The highest BCUT2D eigenvalue weighted by Crippen LogP contribution is 2.26. The molecule has 0 spiro atoms. The van der Waals surface area contributed by atoms with E-state index in [4.69, 9.17) is 0 Å². The maximum atomic E-state index is 12.1. The summed E-state index contributed by atoms with van der Waals surface area (Å²) in [6.07, 6.45) is 2.48. The standard InChI is InChI=1S/C18H21N3O/c1-14-9-10-16(21-11-5-6-12-21)13-17(14)20-18(22)19-15-7-3-2-4-8-15/h2-4,7-10,13H,5-6,11-12H2,1H3,(H2,19,20,22). The van der Waals surface area contributed by atoms with Gasteiger partial charge in [-0.15, -0.1) is 0 Å². The van der Waals surface area contributed by atoms with Crippen LogP contribution in [0.15, 0.2) is 48.5 Å². The van der Waals surface area contributed by atoms with E-state index in [1.54, 1.807) is 0 Å². The van der Waals surface area contributed by atoms with Crippen molar-refractivity contribution in [3.63, 3.8) is 0 Å². The first-order valence-corrected chi connectivity index (χ1v) is 7.71. The van der Waals surface area contributed by atoms with Crippen LogP contribution in [0.2, 0.25) is 0 Å².